The zero-order valence-corrected chi connectivity index (χ0v) is 12.9. The first kappa shape index (κ1) is 13.1. The Bertz CT molecular complexity index is 530. The van der Waals surface area contributed by atoms with Gasteiger partial charge in [0.15, 0.2) is 0 Å². The molecule has 1 unspecified atom stereocenters. The summed E-state index contributed by atoms with van der Waals surface area (Å²) >= 11 is 8.39. The van der Waals surface area contributed by atoms with Crippen molar-refractivity contribution < 1.29 is 4.39 Å². The summed E-state index contributed by atoms with van der Waals surface area (Å²) in [4.78, 5) is 0.230. The highest BCUT2D eigenvalue weighted by Gasteiger charge is 2.14. The molecule has 90 valence electrons. The van der Waals surface area contributed by atoms with Gasteiger partial charge in [-0.3, -0.25) is 0 Å². The molecule has 0 aliphatic heterocycles. The van der Waals surface area contributed by atoms with E-state index in [4.69, 9.17) is 0 Å². The van der Waals surface area contributed by atoms with E-state index in [1.54, 1.807) is 6.07 Å². The van der Waals surface area contributed by atoms with Gasteiger partial charge in [-0.1, -0.05) is 34.2 Å². The summed E-state index contributed by atoms with van der Waals surface area (Å²) in [6.07, 6.45) is 0.958. The Kier molecular flexibility index (Phi) is 4.27. The van der Waals surface area contributed by atoms with E-state index < -0.39 is 0 Å². The van der Waals surface area contributed by atoms with E-state index in [9.17, 15) is 4.39 Å². The molecule has 0 bridgehead atoms. The monoisotopic (exact) mass is 378 g/mol. The van der Waals surface area contributed by atoms with Crippen LogP contribution in [0.2, 0.25) is 0 Å². The second-order valence-electron chi connectivity index (χ2n) is 3.45. The zero-order valence-electron chi connectivity index (χ0n) is 8.95. The lowest BCUT2D eigenvalue weighted by Crippen LogP contribution is -1.85. The number of hydrogen-bond acceptors (Lipinski definition) is 3. The Morgan fingerprint density at radius 2 is 2.18 bits per heavy atom. The molecule has 1 aromatic heterocycles. The molecule has 1 atom stereocenters. The smallest absolute Gasteiger partial charge is 0.148 e. The third-order valence-electron chi connectivity index (χ3n) is 2.23. The molecule has 17 heavy (non-hydrogen) atoms. The largest absolute Gasteiger partial charge is 0.207 e. The molecule has 1 heterocycles. The predicted octanol–water partition coefficient (Wildman–Crippen LogP) is 4.95. The van der Waals surface area contributed by atoms with Gasteiger partial charge in [-0.25, -0.2) is 4.39 Å². The number of aromatic nitrogens is 2. The molecule has 0 spiro atoms. The van der Waals surface area contributed by atoms with Gasteiger partial charge in [0.1, 0.15) is 15.8 Å². The minimum Gasteiger partial charge on any atom is -0.207 e. The van der Waals surface area contributed by atoms with Crippen LogP contribution in [0.5, 0.6) is 0 Å². The molecule has 0 amide bonds. The van der Waals surface area contributed by atoms with E-state index in [2.05, 4.69) is 49.0 Å². The lowest BCUT2D eigenvalue weighted by molar-refractivity contribution is 0.627. The average molecular weight is 380 g/mol. The number of rotatable bonds is 3. The van der Waals surface area contributed by atoms with Gasteiger partial charge in [0.25, 0.3) is 0 Å². The van der Waals surface area contributed by atoms with Crippen LogP contribution in [0.3, 0.4) is 0 Å². The molecule has 6 heteroatoms. The standard InChI is InChI=1S/C11H9Br2FN2S/c1-2-8(12)11-16-15-10(17-11)7-4-3-6(14)5-9(7)13/h3-5,8H,2H2,1H3. The van der Waals surface area contributed by atoms with Crippen LogP contribution in [0.25, 0.3) is 10.6 Å². The third-order valence-corrected chi connectivity index (χ3v) is 5.34. The average Bonchev–Trinajstić information content (AvgIpc) is 2.77. The molecule has 0 N–H and O–H groups in total. The van der Waals surface area contributed by atoms with Gasteiger partial charge in [0, 0.05) is 10.0 Å². The maximum atomic E-state index is 13.0. The first-order chi connectivity index (χ1) is 8.11. The van der Waals surface area contributed by atoms with E-state index in [1.807, 2.05) is 0 Å². The molecule has 0 saturated heterocycles. The number of nitrogens with zero attached hydrogens (tertiary/aromatic N) is 2. The van der Waals surface area contributed by atoms with Crippen LogP contribution in [-0.4, -0.2) is 10.2 Å². The van der Waals surface area contributed by atoms with Gasteiger partial charge in [0.05, 0.1) is 4.83 Å². The Hall–Kier alpha value is -0.330. The lowest BCUT2D eigenvalue weighted by Gasteiger charge is -2.00. The van der Waals surface area contributed by atoms with E-state index in [-0.39, 0.29) is 10.6 Å². The molecule has 2 rings (SSSR count). The van der Waals surface area contributed by atoms with E-state index in [0.717, 1.165) is 22.0 Å². The highest BCUT2D eigenvalue weighted by atomic mass is 79.9. The van der Waals surface area contributed by atoms with Crippen LogP contribution in [0.1, 0.15) is 23.2 Å². The van der Waals surface area contributed by atoms with Gasteiger partial charge in [0.2, 0.25) is 0 Å². The molecular formula is C11H9Br2FN2S. The van der Waals surface area contributed by atoms with Gasteiger partial charge in [-0.2, -0.15) is 0 Å². The maximum absolute atomic E-state index is 13.0. The van der Waals surface area contributed by atoms with Crippen LogP contribution in [0, 0.1) is 5.82 Å². The molecule has 0 fully saturated rings. The van der Waals surface area contributed by atoms with Crippen LogP contribution in [0.15, 0.2) is 22.7 Å². The lowest BCUT2D eigenvalue weighted by atomic mass is 10.2. The fourth-order valence-electron chi connectivity index (χ4n) is 1.31. The number of halogens is 3. The fourth-order valence-corrected chi connectivity index (χ4v) is 3.29. The second kappa shape index (κ2) is 5.54. The zero-order chi connectivity index (χ0) is 12.4. The van der Waals surface area contributed by atoms with Crippen LogP contribution in [0.4, 0.5) is 4.39 Å². The number of alkyl halides is 1. The number of hydrogen-bond donors (Lipinski definition) is 0. The van der Waals surface area contributed by atoms with Crippen molar-refractivity contribution in [2.75, 3.05) is 0 Å². The van der Waals surface area contributed by atoms with Crippen molar-refractivity contribution in [3.8, 4) is 10.6 Å². The molecule has 2 nitrogen and oxygen atoms in total. The molecule has 0 radical (unpaired) electrons. The summed E-state index contributed by atoms with van der Waals surface area (Å²) < 4.78 is 13.7. The summed E-state index contributed by atoms with van der Waals surface area (Å²) in [7, 11) is 0. The predicted molar refractivity (Wildman–Crippen MR) is 75.0 cm³/mol. The van der Waals surface area contributed by atoms with Crippen LogP contribution >= 0.6 is 43.2 Å². The van der Waals surface area contributed by atoms with Crippen molar-refractivity contribution in [1.29, 1.82) is 0 Å². The Morgan fingerprint density at radius 3 is 2.82 bits per heavy atom. The Balaban J connectivity index is 2.37. The maximum Gasteiger partial charge on any atom is 0.148 e. The molecule has 1 aromatic carbocycles. The first-order valence-corrected chi connectivity index (χ1v) is 7.57. The first-order valence-electron chi connectivity index (χ1n) is 5.04. The summed E-state index contributed by atoms with van der Waals surface area (Å²) in [5.74, 6) is -0.266. The Morgan fingerprint density at radius 1 is 1.41 bits per heavy atom. The van der Waals surface area contributed by atoms with Crippen molar-refractivity contribution in [1.82, 2.24) is 10.2 Å². The van der Waals surface area contributed by atoms with Crippen LogP contribution in [-0.2, 0) is 0 Å². The summed E-state index contributed by atoms with van der Waals surface area (Å²) in [5.41, 5.74) is 0.867. The van der Waals surface area contributed by atoms with Gasteiger partial charge < -0.3 is 0 Å². The second-order valence-corrected chi connectivity index (χ2v) is 6.41. The molecule has 0 saturated carbocycles. The molecule has 0 aliphatic carbocycles. The van der Waals surface area contributed by atoms with Crippen molar-refractivity contribution in [2.45, 2.75) is 18.2 Å². The van der Waals surface area contributed by atoms with Crippen molar-refractivity contribution in [3.05, 3.63) is 33.5 Å². The van der Waals surface area contributed by atoms with Gasteiger partial charge in [-0.15, -0.1) is 10.2 Å². The fraction of sp³-hybridized carbons (Fsp3) is 0.273. The Labute approximate surface area is 120 Å². The van der Waals surface area contributed by atoms with Crippen molar-refractivity contribution in [2.24, 2.45) is 0 Å². The highest BCUT2D eigenvalue weighted by Crippen LogP contribution is 2.35. The summed E-state index contributed by atoms with van der Waals surface area (Å²) in [6.45, 7) is 2.08. The highest BCUT2D eigenvalue weighted by molar-refractivity contribution is 9.10. The van der Waals surface area contributed by atoms with E-state index in [0.29, 0.717) is 4.47 Å². The van der Waals surface area contributed by atoms with Gasteiger partial charge in [-0.05, 0) is 40.5 Å². The topological polar surface area (TPSA) is 25.8 Å². The van der Waals surface area contributed by atoms with Crippen molar-refractivity contribution in [3.63, 3.8) is 0 Å². The minimum atomic E-state index is -0.266. The van der Waals surface area contributed by atoms with Crippen molar-refractivity contribution >= 4 is 43.2 Å². The number of benzene rings is 1. The minimum absolute atomic E-state index is 0.230. The summed E-state index contributed by atoms with van der Waals surface area (Å²) in [5, 5.41) is 10.0. The molecule has 0 aliphatic rings. The van der Waals surface area contributed by atoms with Gasteiger partial charge >= 0.3 is 0 Å². The van der Waals surface area contributed by atoms with Crippen LogP contribution < -0.4 is 0 Å². The van der Waals surface area contributed by atoms with E-state index in [1.165, 1.54) is 23.5 Å². The normalized spacial score (nSPS) is 12.7. The van der Waals surface area contributed by atoms with E-state index >= 15 is 0 Å². The molecular weight excluding hydrogens is 371 g/mol. The SMILES string of the molecule is CCC(Br)c1nnc(-c2ccc(F)cc2Br)s1. The molecule has 2 aromatic rings. The third kappa shape index (κ3) is 2.92. The quantitative estimate of drug-likeness (QED) is 0.705. The summed E-state index contributed by atoms with van der Waals surface area (Å²) in [6, 6.07) is 4.56.